The molecule has 0 fully saturated rings. The Morgan fingerprint density at radius 2 is 2.06 bits per heavy atom. The first-order chi connectivity index (χ1) is 7.52. The molecule has 1 aromatic rings. The van der Waals surface area contributed by atoms with Crippen molar-refractivity contribution in [2.45, 2.75) is 19.1 Å². The fourth-order valence-corrected chi connectivity index (χ4v) is 1.61. The number of nitrogens with one attached hydrogen (secondary N) is 1. The normalized spacial score (nSPS) is 15.8. The Morgan fingerprint density at radius 1 is 1.31 bits per heavy atom. The summed E-state index contributed by atoms with van der Waals surface area (Å²) in [5.41, 5.74) is 1.03. The largest absolute Gasteiger partial charge is 0.481 e. The molecule has 1 aliphatic rings. The predicted octanol–water partition coefficient (Wildman–Crippen LogP) is 1.15. The van der Waals surface area contributed by atoms with Crippen molar-refractivity contribution >= 4 is 0 Å². The zero-order valence-corrected chi connectivity index (χ0v) is 8.56. The van der Waals surface area contributed by atoms with Gasteiger partial charge in [0.05, 0.1) is 12.8 Å². The van der Waals surface area contributed by atoms with Crippen molar-refractivity contribution in [2.75, 3.05) is 13.7 Å². The van der Waals surface area contributed by atoms with Gasteiger partial charge in [-0.3, -0.25) is 0 Å². The highest BCUT2D eigenvalue weighted by Gasteiger charge is 2.36. The Bertz CT molecular complexity index is 388. The number of fused-ring (bicyclic) bond motifs is 1. The average molecular weight is 233 g/mol. The molecule has 1 aromatic heterocycles. The molecule has 0 spiro atoms. The van der Waals surface area contributed by atoms with Crippen molar-refractivity contribution in [3.63, 3.8) is 0 Å². The highest BCUT2D eigenvalue weighted by molar-refractivity contribution is 5.33. The molecule has 0 saturated heterocycles. The summed E-state index contributed by atoms with van der Waals surface area (Å²) in [6, 6.07) is 0. The first-order valence-electron chi connectivity index (χ1n) is 4.74. The number of halogens is 3. The van der Waals surface area contributed by atoms with Crippen LogP contribution < -0.4 is 10.1 Å². The molecular formula is C9H10F3N3O. The summed E-state index contributed by atoms with van der Waals surface area (Å²) in [4.78, 5) is 6.91. The second-order valence-electron chi connectivity index (χ2n) is 3.41. The maximum Gasteiger partial charge on any atom is 0.451 e. The van der Waals surface area contributed by atoms with Crippen molar-refractivity contribution in [1.29, 1.82) is 0 Å². The molecule has 0 aromatic carbocycles. The Labute approximate surface area is 89.8 Å². The van der Waals surface area contributed by atoms with E-state index in [9.17, 15) is 13.2 Å². The van der Waals surface area contributed by atoms with Gasteiger partial charge in [0, 0.05) is 25.1 Å². The van der Waals surface area contributed by atoms with Gasteiger partial charge in [-0.2, -0.15) is 18.2 Å². The van der Waals surface area contributed by atoms with Crippen LogP contribution in [-0.4, -0.2) is 23.6 Å². The third-order valence-electron chi connectivity index (χ3n) is 2.34. The van der Waals surface area contributed by atoms with Crippen LogP contribution >= 0.6 is 0 Å². The lowest BCUT2D eigenvalue weighted by Crippen LogP contribution is -2.27. The summed E-state index contributed by atoms with van der Waals surface area (Å²) in [5, 5.41) is 3.03. The van der Waals surface area contributed by atoms with Crippen LogP contribution in [-0.2, 0) is 19.1 Å². The van der Waals surface area contributed by atoms with Crippen molar-refractivity contribution in [1.82, 2.24) is 15.3 Å². The van der Waals surface area contributed by atoms with Crippen LogP contribution in [0.2, 0.25) is 0 Å². The van der Waals surface area contributed by atoms with E-state index in [1.165, 1.54) is 7.11 Å². The lowest BCUT2D eigenvalue weighted by atomic mass is 10.1. The van der Waals surface area contributed by atoms with E-state index in [1.54, 1.807) is 0 Å². The number of hydrogen-bond acceptors (Lipinski definition) is 4. The van der Waals surface area contributed by atoms with Gasteiger partial charge in [0.15, 0.2) is 0 Å². The van der Waals surface area contributed by atoms with E-state index in [4.69, 9.17) is 4.74 Å². The van der Waals surface area contributed by atoms with Gasteiger partial charge in [-0.25, -0.2) is 4.98 Å². The molecule has 2 rings (SSSR count). The standard InChI is InChI=1S/C9H10F3N3O/c1-16-7-5-4-13-3-2-6(5)14-8(15-7)9(10,11)12/h13H,2-4H2,1H3. The summed E-state index contributed by atoms with van der Waals surface area (Å²) in [7, 11) is 1.30. The molecule has 7 heteroatoms. The van der Waals surface area contributed by atoms with Crippen LogP contribution in [0.4, 0.5) is 13.2 Å². The van der Waals surface area contributed by atoms with E-state index >= 15 is 0 Å². The molecular weight excluding hydrogens is 223 g/mol. The Kier molecular flexibility index (Phi) is 2.71. The van der Waals surface area contributed by atoms with Crippen molar-refractivity contribution in [2.24, 2.45) is 0 Å². The monoisotopic (exact) mass is 233 g/mol. The Morgan fingerprint density at radius 3 is 2.69 bits per heavy atom. The molecule has 1 aliphatic heterocycles. The highest BCUT2D eigenvalue weighted by atomic mass is 19.4. The Balaban J connectivity index is 2.52. The van der Waals surface area contributed by atoms with Gasteiger partial charge >= 0.3 is 6.18 Å². The fourth-order valence-electron chi connectivity index (χ4n) is 1.61. The molecule has 0 radical (unpaired) electrons. The van der Waals surface area contributed by atoms with Gasteiger partial charge in [-0.15, -0.1) is 0 Å². The quantitative estimate of drug-likeness (QED) is 0.790. The van der Waals surface area contributed by atoms with E-state index in [2.05, 4.69) is 15.3 Å². The van der Waals surface area contributed by atoms with Gasteiger partial charge in [0.2, 0.25) is 11.7 Å². The maximum atomic E-state index is 12.5. The molecule has 0 unspecified atom stereocenters. The molecule has 0 atom stereocenters. The van der Waals surface area contributed by atoms with E-state index < -0.39 is 12.0 Å². The molecule has 16 heavy (non-hydrogen) atoms. The van der Waals surface area contributed by atoms with Crippen molar-refractivity contribution in [3.05, 3.63) is 17.1 Å². The third kappa shape index (κ3) is 1.95. The summed E-state index contributed by atoms with van der Waals surface area (Å²) >= 11 is 0. The van der Waals surface area contributed by atoms with Crippen LogP contribution in [0.25, 0.3) is 0 Å². The molecule has 1 N–H and O–H groups in total. The van der Waals surface area contributed by atoms with Crippen molar-refractivity contribution in [3.8, 4) is 5.88 Å². The van der Waals surface area contributed by atoms with Crippen LogP contribution in [0, 0.1) is 0 Å². The third-order valence-corrected chi connectivity index (χ3v) is 2.34. The molecule has 0 bridgehead atoms. The van der Waals surface area contributed by atoms with Crippen LogP contribution in [0.15, 0.2) is 0 Å². The summed E-state index contributed by atoms with van der Waals surface area (Å²) < 4.78 is 42.3. The number of rotatable bonds is 1. The van der Waals surface area contributed by atoms with Gasteiger partial charge in [-0.05, 0) is 0 Å². The maximum absolute atomic E-state index is 12.5. The van der Waals surface area contributed by atoms with E-state index in [0.29, 0.717) is 30.8 Å². The summed E-state index contributed by atoms with van der Waals surface area (Å²) in [5.74, 6) is -1.13. The van der Waals surface area contributed by atoms with Gasteiger partial charge in [0.1, 0.15) is 0 Å². The topological polar surface area (TPSA) is 47.0 Å². The van der Waals surface area contributed by atoms with Gasteiger partial charge in [0.25, 0.3) is 0 Å². The minimum atomic E-state index is -4.53. The summed E-state index contributed by atoms with van der Waals surface area (Å²) in [6.07, 6.45) is -4.08. The van der Waals surface area contributed by atoms with E-state index in [-0.39, 0.29) is 5.88 Å². The SMILES string of the molecule is COc1nc(C(F)(F)F)nc2c1CNCC2. The number of hydrogen-bond donors (Lipinski definition) is 1. The zero-order valence-electron chi connectivity index (χ0n) is 8.56. The second-order valence-corrected chi connectivity index (χ2v) is 3.41. The van der Waals surface area contributed by atoms with Gasteiger partial charge in [-0.1, -0.05) is 0 Å². The second kappa shape index (κ2) is 3.89. The minimum absolute atomic E-state index is 0.00419. The van der Waals surface area contributed by atoms with Crippen LogP contribution in [0.5, 0.6) is 5.88 Å². The highest BCUT2D eigenvalue weighted by Crippen LogP contribution is 2.30. The average Bonchev–Trinajstić information content (AvgIpc) is 2.26. The minimum Gasteiger partial charge on any atom is -0.481 e. The molecule has 0 saturated carbocycles. The molecule has 4 nitrogen and oxygen atoms in total. The molecule has 0 aliphatic carbocycles. The predicted molar refractivity (Wildman–Crippen MR) is 49.0 cm³/mol. The van der Waals surface area contributed by atoms with Crippen LogP contribution in [0.1, 0.15) is 17.1 Å². The van der Waals surface area contributed by atoms with E-state index in [0.717, 1.165) is 0 Å². The summed E-state index contributed by atoms with van der Waals surface area (Å²) in [6.45, 7) is 1.06. The number of alkyl halides is 3. The number of nitrogens with zero attached hydrogens (tertiary/aromatic N) is 2. The van der Waals surface area contributed by atoms with Crippen molar-refractivity contribution < 1.29 is 17.9 Å². The van der Waals surface area contributed by atoms with Crippen LogP contribution in [0.3, 0.4) is 0 Å². The smallest absolute Gasteiger partial charge is 0.451 e. The number of methoxy groups -OCH3 is 1. The molecule has 2 heterocycles. The Hall–Kier alpha value is -1.37. The first kappa shape index (κ1) is 11.1. The number of ether oxygens (including phenoxy) is 1. The van der Waals surface area contributed by atoms with E-state index in [1.807, 2.05) is 0 Å². The van der Waals surface area contributed by atoms with Gasteiger partial charge < -0.3 is 10.1 Å². The first-order valence-corrected chi connectivity index (χ1v) is 4.74. The fraction of sp³-hybridized carbons (Fsp3) is 0.556. The molecule has 0 amide bonds. The molecule has 88 valence electrons. The number of aromatic nitrogens is 2. The lowest BCUT2D eigenvalue weighted by Gasteiger charge is -2.19. The zero-order chi connectivity index (χ0) is 11.8. The lowest BCUT2D eigenvalue weighted by molar-refractivity contribution is -0.145.